The SMILES string of the molecule is Cc1ncc(C(=O)NC[C@H]2CCCN2CCO)cc1NC(=O)c1cnn2cc(-c3cnn(C)c3)sc12. The summed E-state index contributed by atoms with van der Waals surface area (Å²) in [6.45, 7) is 3.93. The van der Waals surface area contributed by atoms with Gasteiger partial charge in [-0.3, -0.25) is 24.2 Å². The first kappa shape index (κ1) is 24.1. The smallest absolute Gasteiger partial charge is 0.260 e. The van der Waals surface area contributed by atoms with Crippen molar-refractivity contribution in [2.45, 2.75) is 25.8 Å². The van der Waals surface area contributed by atoms with Gasteiger partial charge in [0.05, 0.1) is 46.4 Å². The number of nitrogens with one attached hydrogen (secondary N) is 2. The van der Waals surface area contributed by atoms with Crippen LogP contribution in [0.15, 0.2) is 37.1 Å². The number of hydrogen-bond donors (Lipinski definition) is 3. The van der Waals surface area contributed by atoms with Crippen molar-refractivity contribution in [2.75, 3.05) is 31.6 Å². The van der Waals surface area contributed by atoms with Gasteiger partial charge in [0.25, 0.3) is 11.8 Å². The van der Waals surface area contributed by atoms with Crippen LogP contribution in [0.5, 0.6) is 0 Å². The molecule has 188 valence electrons. The summed E-state index contributed by atoms with van der Waals surface area (Å²) in [6.07, 6.45) is 10.6. The van der Waals surface area contributed by atoms with Crippen LogP contribution in [0, 0.1) is 6.92 Å². The molecule has 0 radical (unpaired) electrons. The van der Waals surface area contributed by atoms with Crippen molar-refractivity contribution in [3.63, 3.8) is 0 Å². The van der Waals surface area contributed by atoms with Crippen LogP contribution in [0.2, 0.25) is 0 Å². The van der Waals surface area contributed by atoms with Gasteiger partial charge in [-0.1, -0.05) is 0 Å². The van der Waals surface area contributed by atoms with Gasteiger partial charge >= 0.3 is 0 Å². The van der Waals surface area contributed by atoms with Crippen LogP contribution in [-0.4, -0.2) is 78.5 Å². The van der Waals surface area contributed by atoms with Crippen LogP contribution in [0.25, 0.3) is 15.3 Å². The number of aromatic nitrogens is 5. The number of carbonyl (C=O) groups excluding carboxylic acids is 2. The molecule has 1 atom stereocenters. The third kappa shape index (κ3) is 4.87. The summed E-state index contributed by atoms with van der Waals surface area (Å²) in [7, 11) is 1.85. The third-order valence-electron chi connectivity index (χ3n) is 6.41. The summed E-state index contributed by atoms with van der Waals surface area (Å²) in [5.74, 6) is -0.571. The van der Waals surface area contributed by atoms with Crippen LogP contribution in [0.4, 0.5) is 5.69 Å². The monoisotopic (exact) mass is 508 g/mol. The first-order valence-electron chi connectivity index (χ1n) is 11.8. The van der Waals surface area contributed by atoms with E-state index in [1.807, 2.05) is 19.4 Å². The lowest BCUT2D eigenvalue weighted by Crippen LogP contribution is -2.41. The van der Waals surface area contributed by atoms with Gasteiger partial charge in [0.15, 0.2) is 0 Å². The number of hydrogen-bond acceptors (Lipinski definition) is 8. The molecule has 4 aromatic rings. The number of likely N-dealkylation sites (tertiary alicyclic amines) is 1. The quantitative estimate of drug-likeness (QED) is 0.332. The number of carbonyl (C=O) groups is 2. The van der Waals surface area contributed by atoms with Gasteiger partial charge in [0.1, 0.15) is 4.83 Å². The average molecular weight is 509 g/mol. The summed E-state index contributed by atoms with van der Waals surface area (Å²) in [5, 5.41) is 23.6. The molecule has 4 aromatic heterocycles. The molecule has 12 heteroatoms. The van der Waals surface area contributed by atoms with E-state index < -0.39 is 0 Å². The van der Waals surface area contributed by atoms with Crippen molar-refractivity contribution in [1.29, 1.82) is 0 Å². The maximum absolute atomic E-state index is 13.1. The Hall–Kier alpha value is -3.61. The second kappa shape index (κ2) is 10.2. The Morgan fingerprint density at radius 3 is 2.83 bits per heavy atom. The molecule has 5 rings (SSSR count). The van der Waals surface area contributed by atoms with E-state index in [9.17, 15) is 14.7 Å². The van der Waals surface area contributed by atoms with Crippen molar-refractivity contribution in [1.82, 2.24) is 34.6 Å². The number of aliphatic hydroxyl groups is 1. The Bertz CT molecular complexity index is 1410. The van der Waals surface area contributed by atoms with Crippen LogP contribution in [0.1, 0.15) is 39.3 Å². The average Bonchev–Trinajstić information content (AvgIpc) is 3.63. The van der Waals surface area contributed by atoms with Gasteiger partial charge in [-0.05, 0) is 32.4 Å². The molecule has 0 aliphatic carbocycles. The highest BCUT2D eigenvalue weighted by Crippen LogP contribution is 2.30. The van der Waals surface area contributed by atoms with Gasteiger partial charge in [0.2, 0.25) is 0 Å². The second-order valence-corrected chi connectivity index (χ2v) is 9.91. The molecule has 1 saturated heterocycles. The predicted molar refractivity (Wildman–Crippen MR) is 136 cm³/mol. The van der Waals surface area contributed by atoms with E-state index >= 15 is 0 Å². The summed E-state index contributed by atoms with van der Waals surface area (Å²) in [5.41, 5.74) is 2.84. The lowest BCUT2D eigenvalue weighted by molar-refractivity contribution is 0.0936. The molecule has 11 nitrogen and oxygen atoms in total. The van der Waals surface area contributed by atoms with E-state index in [1.165, 1.54) is 23.7 Å². The fraction of sp³-hybridized carbons (Fsp3) is 0.375. The summed E-state index contributed by atoms with van der Waals surface area (Å²) in [6, 6.07) is 1.86. The van der Waals surface area contributed by atoms with Gasteiger partial charge < -0.3 is 15.7 Å². The molecule has 36 heavy (non-hydrogen) atoms. The molecule has 0 aromatic carbocycles. The fourth-order valence-electron chi connectivity index (χ4n) is 4.46. The van der Waals surface area contributed by atoms with Crippen LogP contribution >= 0.6 is 11.3 Å². The van der Waals surface area contributed by atoms with Crippen LogP contribution < -0.4 is 10.6 Å². The number of amides is 2. The Morgan fingerprint density at radius 1 is 1.19 bits per heavy atom. The van der Waals surface area contributed by atoms with Gasteiger partial charge in [-0.2, -0.15) is 10.2 Å². The molecule has 3 N–H and O–H groups in total. The number of aliphatic hydroxyl groups excluding tert-OH is 1. The van der Waals surface area contributed by atoms with Crippen LogP contribution in [-0.2, 0) is 7.05 Å². The van der Waals surface area contributed by atoms with Crippen molar-refractivity contribution in [3.05, 3.63) is 53.9 Å². The molecule has 0 bridgehead atoms. The number of rotatable bonds is 8. The van der Waals surface area contributed by atoms with Gasteiger partial charge in [0, 0.05) is 50.3 Å². The van der Waals surface area contributed by atoms with Crippen molar-refractivity contribution >= 4 is 33.7 Å². The second-order valence-electron chi connectivity index (χ2n) is 8.88. The molecule has 0 saturated carbocycles. The maximum atomic E-state index is 13.1. The number of pyridine rings is 1. The minimum absolute atomic E-state index is 0.106. The standard InChI is InChI=1S/C24H28N8O3S/c1-15-20(8-16(9-25-15)22(34)26-11-18-4-3-5-31(18)6-7-33)29-23(35)19-12-28-32-14-21(36-24(19)32)17-10-27-30(2)13-17/h8-10,12-14,18,33H,3-7,11H2,1-2H3,(H,26,34)(H,29,35)/t18-/m1/s1. The van der Waals surface area contributed by atoms with E-state index in [0.717, 1.165) is 34.7 Å². The normalized spacial score (nSPS) is 16.0. The van der Waals surface area contributed by atoms with Gasteiger partial charge in [-0.25, -0.2) is 4.52 Å². The first-order valence-corrected chi connectivity index (χ1v) is 12.6. The molecule has 1 fully saturated rings. The lowest BCUT2D eigenvalue weighted by Gasteiger charge is -2.23. The zero-order chi connectivity index (χ0) is 25.2. The fourth-order valence-corrected chi connectivity index (χ4v) is 5.49. The molecule has 1 aliphatic rings. The number of thiazole rings is 1. The highest BCUT2D eigenvalue weighted by atomic mass is 32.1. The van der Waals surface area contributed by atoms with E-state index in [-0.39, 0.29) is 24.5 Å². The minimum atomic E-state index is -0.322. The maximum Gasteiger partial charge on any atom is 0.260 e. The predicted octanol–water partition coefficient (Wildman–Crippen LogP) is 1.94. The number of β-amino-alcohol motifs (C(OH)–C–C–N with tert-alkyl or cyclic N) is 1. The molecule has 5 heterocycles. The molecule has 1 aliphatic heterocycles. The van der Waals surface area contributed by atoms with E-state index in [2.05, 4.69) is 30.7 Å². The summed E-state index contributed by atoms with van der Waals surface area (Å²) < 4.78 is 3.41. The largest absolute Gasteiger partial charge is 0.395 e. The van der Waals surface area contributed by atoms with Crippen molar-refractivity contribution < 1.29 is 14.7 Å². The molecule has 2 amide bonds. The number of anilines is 1. The van der Waals surface area contributed by atoms with Crippen LogP contribution in [0.3, 0.4) is 0 Å². The van der Waals surface area contributed by atoms with Gasteiger partial charge in [-0.15, -0.1) is 11.3 Å². The Labute approximate surface area is 211 Å². The first-order chi connectivity index (χ1) is 17.4. The summed E-state index contributed by atoms with van der Waals surface area (Å²) >= 11 is 1.46. The topological polar surface area (TPSA) is 130 Å². The Morgan fingerprint density at radius 2 is 2.06 bits per heavy atom. The van der Waals surface area contributed by atoms with Crippen molar-refractivity contribution in [2.24, 2.45) is 7.05 Å². The van der Waals surface area contributed by atoms with E-state index in [1.54, 1.807) is 28.4 Å². The molecule has 0 unspecified atom stereocenters. The minimum Gasteiger partial charge on any atom is -0.395 e. The summed E-state index contributed by atoms with van der Waals surface area (Å²) in [4.78, 5) is 34.1. The lowest BCUT2D eigenvalue weighted by atomic mass is 10.2. The highest BCUT2D eigenvalue weighted by Gasteiger charge is 2.24. The van der Waals surface area contributed by atoms with E-state index in [0.29, 0.717) is 35.6 Å². The Balaban J connectivity index is 1.29. The van der Waals surface area contributed by atoms with E-state index in [4.69, 9.17) is 0 Å². The van der Waals surface area contributed by atoms with Crippen molar-refractivity contribution in [3.8, 4) is 10.4 Å². The molecule has 0 spiro atoms. The number of fused-ring (bicyclic) bond motifs is 1. The molecular formula is C24H28N8O3S. The highest BCUT2D eigenvalue weighted by molar-refractivity contribution is 7.21. The third-order valence-corrected chi connectivity index (χ3v) is 7.57. The zero-order valence-corrected chi connectivity index (χ0v) is 21.0. The Kier molecular flexibility index (Phi) is 6.81. The molecular weight excluding hydrogens is 480 g/mol. The zero-order valence-electron chi connectivity index (χ0n) is 20.1. The number of nitrogens with zero attached hydrogens (tertiary/aromatic N) is 6. The number of aryl methyl sites for hydroxylation is 2.